The van der Waals surface area contributed by atoms with Crippen molar-refractivity contribution in [2.45, 2.75) is 90.9 Å². The highest BCUT2D eigenvalue weighted by molar-refractivity contribution is 6.74. The van der Waals surface area contributed by atoms with Gasteiger partial charge in [0.25, 0.3) is 0 Å². The molecule has 4 nitrogen and oxygen atoms in total. The summed E-state index contributed by atoms with van der Waals surface area (Å²) in [5, 5.41) is 2.92. The number of ketones is 1. The van der Waals surface area contributed by atoms with Crippen molar-refractivity contribution in [1.82, 2.24) is 5.32 Å². The van der Waals surface area contributed by atoms with E-state index in [4.69, 9.17) is 4.43 Å². The van der Waals surface area contributed by atoms with E-state index in [1.54, 1.807) is 0 Å². The lowest BCUT2D eigenvalue weighted by Gasteiger charge is -2.37. The first-order valence-electron chi connectivity index (χ1n) is 8.45. The van der Waals surface area contributed by atoms with Crippen molar-refractivity contribution >= 4 is 20.0 Å². The predicted octanol–water partition coefficient (Wildman–Crippen LogP) is 4.05. The summed E-state index contributed by atoms with van der Waals surface area (Å²) in [4.78, 5) is 23.7. The Morgan fingerprint density at radius 3 is 2.18 bits per heavy atom. The minimum atomic E-state index is -1.90. The number of nitrogens with one attached hydrogen (secondary N) is 1. The van der Waals surface area contributed by atoms with Crippen molar-refractivity contribution in [1.29, 1.82) is 0 Å². The highest BCUT2D eigenvalue weighted by Gasteiger charge is 2.38. The zero-order valence-electron chi connectivity index (χ0n) is 15.5. The van der Waals surface area contributed by atoms with Crippen LogP contribution in [0.25, 0.3) is 0 Å². The van der Waals surface area contributed by atoms with E-state index < -0.39 is 14.4 Å². The van der Waals surface area contributed by atoms with Gasteiger partial charge >= 0.3 is 0 Å². The lowest BCUT2D eigenvalue weighted by Crippen LogP contribution is -2.48. The fourth-order valence-electron chi connectivity index (χ4n) is 1.75. The largest absolute Gasteiger partial charge is 0.414 e. The number of carbonyl (C=O) groups is 2. The number of hydrogen-bond acceptors (Lipinski definition) is 3. The SMILES string of the molecule is CCCCCCC(=O)N[C@@H](CO[Si](C)(C)C(C)(C)C)C(C)=O. The number of amides is 1. The Hall–Kier alpha value is -0.683. The molecule has 1 N–H and O–H groups in total. The fourth-order valence-corrected chi connectivity index (χ4v) is 2.76. The zero-order valence-corrected chi connectivity index (χ0v) is 16.5. The van der Waals surface area contributed by atoms with Crippen LogP contribution >= 0.6 is 0 Å². The Morgan fingerprint density at radius 2 is 1.73 bits per heavy atom. The molecule has 0 spiro atoms. The molecule has 0 radical (unpaired) electrons. The Bertz CT molecular complexity index is 361. The van der Waals surface area contributed by atoms with Crippen LogP contribution in [0.3, 0.4) is 0 Å². The molecule has 0 heterocycles. The summed E-state index contributed by atoms with van der Waals surface area (Å²) in [6, 6.07) is -0.521. The second kappa shape index (κ2) is 9.45. The summed E-state index contributed by atoms with van der Waals surface area (Å²) in [7, 11) is -1.90. The van der Waals surface area contributed by atoms with Gasteiger partial charge in [-0.05, 0) is 31.5 Å². The maximum atomic E-state index is 11.9. The molecule has 0 aromatic carbocycles. The Labute approximate surface area is 137 Å². The van der Waals surface area contributed by atoms with Crippen LogP contribution in [0.15, 0.2) is 0 Å². The molecule has 0 aromatic heterocycles. The van der Waals surface area contributed by atoms with E-state index in [1.165, 1.54) is 6.92 Å². The Kier molecular flexibility index (Phi) is 9.16. The third-order valence-electron chi connectivity index (χ3n) is 4.50. The van der Waals surface area contributed by atoms with Gasteiger partial charge in [0.1, 0.15) is 6.04 Å². The summed E-state index contributed by atoms with van der Waals surface area (Å²) in [6.45, 7) is 14.7. The van der Waals surface area contributed by atoms with Gasteiger partial charge < -0.3 is 9.74 Å². The molecule has 0 aliphatic carbocycles. The molecule has 0 fully saturated rings. The first kappa shape index (κ1) is 21.3. The molecule has 0 saturated carbocycles. The lowest BCUT2D eigenvalue weighted by atomic mass is 10.1. The number of unbranched alkanes of at least 4 members (excludes halogenated alkanes) is 3. The minimum Gasteiger partial charge on any atom is -0.414 e. The topological polar surface area (TPSA) is 55.4 Å². The van der Waals surface area contributed by atoms with Gasteiger partial charge in [-0.25, -0.2) is 0 Å². The average molecular weight is 330 g/mol. The fraction of sp³-hybridized carbons (Fsp3) is 0.882. The van der Waals surface area contributed by atoms with Crippen molar-refractivity contribution < 1.29 is 14.0 Å². The van der Waals surface area contributed by atoms with Gasteiger partial charge in [-0.15, -0.1) is 0 Å². The third-order valence-corrected chi connectivity index (χ3v) is 9.00. The van der Waals surface area contributed by atoms with Crippen LogP contribution in [-0.4, -0.2) is 32.7 Å². The van der Waals surface area contributed by atoms with Crippen molar-refractivity contribution in [3.63, 3.8) is 0 Å². The lowest BCUT2D eigenvalue weighted by molar-refractivity contribution is -0.127. The van der Waals surface area contributed by atoms with Gasteiger partial charge in [0, 0.05) is 6.42 Å². The summed E-state index contributed by atoms with van der Waals surface area (Å²) in [5.74, 6) is -0.0873. The maximum absolute atomic E-state index is 11.9. The average Bonchev–Trinajstić information content (AvgIpc) is 2.38. The monoisotopic (exact) mass is 329 g/mol. The van der Waals surface area contributed by atoms with Crippen LogP contribution in [0.2, 0.25) is 18.1 Å². The second-order valence-corrected chi connectivity index (χ2v) is 12.4. The van der Waals surface area contributed by atoms with Gasteiger partial charge in [0.2, 0.25) is 5.91 Å². The van der Waals surface area contributed by atoms with Crippen LogP contribution in [0, 0.1) is 0 Å². The minimum absolute atomic E-state index is 0.0411. The standard InChI is InChI=1S/C17H35NO3Si/c1-8-9-10-11-12-16(20)18-15(14(2)19)13-21-22(6,7)17(3,4)5/h15H,8-13H2,1-7H3,(H,18,20)/t15-/m0/s1. The molecular weight excluding hydrogens is 294 g/mol. The van der Waals surface area contributed by atoms with Gasteiger partial charge in [0.05, 0.1) is 6.61 Å². The first-order chi connectivity index (χ1) is 10.0. The molecule has 5 heteroatoms. The van der Waals surface area contributed by atoms with E-state index in [0.29, 0.717) is 6.42 Å². The molecule has 1 amide bonds. The smallest absolute Gasteiger partial charge is 0.220 e. The molecular formula is C17H35NO3Si. The van der Waals surface area contributed by atoms with Crippen molar-refractivity contribution in [2.75, 3.05) is 6.61 Å². The quantitative estimate of drug-likeness (QED) is 0.486. The van der Waals surface area contributed by atoms with E-state index >= 15 is 0 Å². The Balaban J connectivity index is 4.39. The van der Waals surface area contributed by atoms with Gasteiger partial charge in [0.15, 0.2) is 14.1 Å². The summed E-state index contributed by atoms with van der Waals surface area (Å²) >= 11 is 0. The summed E-state index contributed by atoms with van der Waals surface area (Å²) < 4.78 is 6.06. The van der Waals surface area contributed by atoms with Crippen LogP contribution in [-0.2, 0) is 14.0 Å². The number of rotatable bonds is 10. The molecule has 130 valence electrons. The van der Waals surface area contributed by atoms with Crippen LogP contribution < -0.4 is 5.32 Å². The van der Waals surface area contributed by atoms with Crippen molar-refractivity contribution in [3.05, 3.63) is 0 Å². The number of Topliss-reactive ketones (excluding diaryl/α,β-unsaturated/α-hetero) is 1. The predicted molar refractivity (Wildman–Crippen MR) is 94.5 cm³/mol. The summed E-state index contributed by atoms with van der Waals surface area (Å²) in [5.41, 5.74) is 0. The number of carbonyl (C=O) groups excluding carboxylic acids is 2. The van der Waals surface area contributed by atoms with Gasteiger partial charge in [-0.1, -0.05) is 47.0 Å². The second-order valence-electron chi connectivity index (χ2n) is 7.61. The highest BCUT2D eigenvalue weighted by atomic mass is 28.4. The van der Waals surface area contributed by atoms with Crippen LogP contribution in [0.4, 0.5) is 0 Å². The summed E-state index contributed by atoms with van der Waals surface area (Å²) in [6.07, 6.45) is 4.74. The van der Waals surface area contributed by atoms with E-state index in [1.807, 2.05) is 0 Å². The van der Waals surface area contributed by atoms with E-state index in [2.05, 4.69) is 46.1 Å². The van der Waals surface area contributed by atoms with Crippen molar-refractivity contribution in [3.8, 4) is 0 Å². The molecule has 0 aliphatic rings. The molecule has 0 aliphatic heterocycles. The molecule has 0 rings (SSSR count). The Morgan fingerprint density at radius 1 is 1.14 bits per heavy atom. The first-order valence-corrected chi connectivity index (χ1v) is 11.4. The molecule has 22 heavy (non-hydrogen) atoms. The van der Waals surface area contributed by atoms with Crippen molar-refractivity contribution in [2.24, 2.45) is 0 Å². The van der Waals surface area contributed by atoms with Gasteiger partial charge in [-0.2, -0.15) is 0 Å². The molecule has 0 bridgehead atoms. The van der Waals surface area contributed by atoms with Crippen LogP contribution in [0.1, 0.15) is 66.7 Å². The van der Waals surface area contributed by atoms with E-state index in [-0.39, 0.29) is 23.3 Å². The van der Waals surface area contributed by atoms with E-state index in [9.17, 15) is 9.59 Å². The van der Waals surface area contributed by atoms with Gasteiger partial charge in [-0.3, -0.25) is 9.59 Å². The molecule has 1 atom stereocenters. The molecule has 0 saturated heterocycles. The third kappa shape index (κ3) is 8.08. The van der Waals surface area contributed by atoms with E-state index in [0.717, 1.165) is 25.7 Å². The highest BCUT2D eigenvalue weighted by Crippen LogP contribution is 2.36. The maximum Gasteiger partial charge on any atom is 0.220 e. The number of hydrogen-bond donors (Lipinski definition) is 1. The zero-order chi connectivity index (χ0) is 17.4. The molecule has 0 unspecified atom stereocenters. The normalized spacial score (nSPS) is 13.8. The van der Waals surface area contributed by atoms with Crippen LogP contribution in [0.5, 0.6) is 0 Å². The molecule has 0 aromatic rings.